The van der Waals surface area contributed by atoms with Crippen LogP contribution in [-0.4, -0.2) is 12.6 Å². The average molecular weight is 283 g/mol. The molecule has 2 rings (SSSR count). The molecule has 0 aliphatic heterocycles. The summed E-state index contributed by atoms with van der Waals surface area (Å²) in [7, 11) is 0. The number of rotatable bonds is 3. The van der Waals surface area contributed by atoms with Crippen LogP contribution in [-0.2, 0) is 0 Å². The summed E-state index contributed by atoms with van der Waals surface area (Å²) in [6.45, 7) is 1.04. The average Bonchev–Trinajstić information content (AvgIpc) is 2.28. The molecule has 1 aromatic rings. The van der Waals surface area contributed by atoms with Crippen LogP contribution in [0.3, 0.4) is 0 Å². The van der Waals surface area contributed by atoms with Crippen molar-refractivity contribution >= 4 is 21.6 Å². The molecule has 0 aromatic heterocycles. The monoisotopic (exact) mass is 282 g/mol. The number of para-hydroxylation sites is 1. The molecule has 1 aliphatic carbocycles. The first-order chi connectivity index (χ1) is 7.75. The summed E-state index contributed by atoms with van der Waals surface area (Å²) in [4.78, 5) is 0. The van der Waals surface area contributed by atoms with Crippen molar-refractivity contribution in [1.82, 2.24) is 0 Å². The SMILES string of the molecule is NC1CCCC(CNc2ccccc2Br)C1. The summed E-state index contributed by atoms with van der Waals surface area (Å²) in [6, 6.07) is 8.67. The van der Waals surface area contributed by atoms with Crippen LogP contribution in [0.2, 0.25) is 0 Å². The summed E-state index contributed by atoms with van der Waals surface area (Å²) in [6.07, 6.45) is 4.96. The summed E-state index contributed by atoms with van der Waals surface area (Å²) in [5.74, 6) is 0.732. The highest BCUT2D eigenvalue weighted by Gasteiger charge is 2.18. The van der Waals surface area contributed by atoms with E-state index >= 15 is 0 Å². The minimum absolute atomic E-state index is 0.416. The maximum absolute atomic E-state index is 5.99. The molecule has 0 spiro atoms. The summed E-state index contributed by atoms with van der Waals surface area (Å²) in [5.41, 5.74) is 7.17. The quantitative estimate of drug-likeness (QED) is 0.892. The third-order valence-electron chi connectivity index (χ3n) is 3.28. The number of nitrogens with two attached hydrogens (primary N) is 1. The number of hydrogen-bond acceptors (Lipinski definition) is 2. The van der Waals surface area contributed by atoms with Gasteiger partial charge in [-0.3, -0.25) is 0 Å². The molecule has 1 aliphatic rings. The lowest BCUT2D eigenvalue weighted by atomic mass is 9.86. The van der Waals surface area contributed by atoms with Crippen molar-refractivity contribution in [3.63, 3.8) is 0 Å². The number of benzene rings is 1. The van der Waals surface area contributed by atoms with E-state index in [9.17, 15) is 0 Å². The molecule has 0 amide bonds. The summed E-state index contributed by atoms with van der Waals surface area (Å²) >= 11 is 3.55. The van der Waals surface area contributed by atoms with Gasteiger partial charge in [0.1, 0.15) is 0 Å². The van der Waals surface area contributed by atoms with Crippen LogP contribution >= 0.6 is 15.9 Å². The van der Waals surface area contributed by atoms with Gasteiger partial charge in [0.05, 0.1) is 0 Å². The van der Waals surface area contributed by atoms with Gasteiger partial charge in [-0.25, -0.2) is 0 Å². The van der Waals surface area contributed by atoms with Crippen molar-refractivity contribution in [2.75, 3.05) is 11.9 Å². The maximum atomic E-state index is 5.99. The van der Waals surface area contributed by atoms with Crippen molar-refractivity contribution in [3.05, 3.63) is 28.7 Å². The predicted octanol–water partition coefficient (Wildman–Crippen LogP) is 3.38. The number of anilines is 1. The van der Waals surface area contributed by atoms with Gasteiger partial charge in [-0.1, -0.05) is 18.6 Å². The van der Waals surface area contributed by atoms with Crippen molar-refractivity contribution in [3.8, 4) is 0 Å². The second-order valence-electron chi connectivity index (χ2n) is 4.65. The lowest BCUT2D eigenvalue weighted by molar-refractivity contribution is 0.335. The summed E-state index contributed by atoms with van der Waals surface area (Å²) in [5, 5.41) is 3.50. The van der Waals surface area contributed by atoms with E-state index in [0.29, 0.717) is 6.04 Å². The van der Waals surface area contributed by atoms with Crippen LogP contribution in [0.25, 0.3) is 0 Å². The molecule has 88 valence electrons. The van der Waals surface area contributed by atoms with Gasteiger partial charge in [0.2, 0.25) is 0 Å². The van der Waals surface area contributed by atoms with Crippen molar-refractivity contribution in [2.45, 2.75) is 31.7 Å². The topological polar surface area (TPSA) is 38.0 Å². The first-order valence-electron chi connectivity index (χ1n) is 5.99. The number of nitrogens with one attached hydrogen (secondary N) is 1. The van der Waals surface area contributed by atoms with Crippen LogP contribution in [0.15, 0.2) is 28.7 Å². The van der Waals surface area contributed by atoms with Gasteiger partial charge < -0.3 is 11.1 Å². The minimum atomic E-state index is 0.416. The molecular formula is C13H19BrN2. The van der Waals surface area contributed by atoms with Crippen LogP contribution in [0.5, 0.6) is 0 Å². The minimum Gasteiger partial charge on any atom is -0.384 e. The molecule has 2 unspecified atom stereocenters. The van der Waals surface area contributed by atoms with E-state index in [2.05, 4.69) is 39.4 Å². The van der Waals surface area contributed by atoms with Gasteiger partial charge >= 0.3 is 0 Å². The van der Waals surface area contributed by atoms with Crippen molar-refractivity contribution in [1.29, 1.82) is 0 Å². The predicted molar refractivity (Wildman–Crippen MR) is 72.6 cm³/mol. The number of halogens is 1. The molecule has 2 atom stereocenters. The van der Waals surface area contributed by atoms with Gasteiger partial charge in [0.25, 0.3) is 0 Å². The normalized spacial score (nSPS) is 25.4. The van der Waals surface area contributed by atoms with E-state index in [4.69, 9.17) is 5.73 Å². The van der Waals surface area contributed by atoms with Gasteiger partial charge in [0.15, 0.2) is 0 Å². The molecule has 3 N–H and O–H groups in total. The van der Waals surface area contributed by atoms with Gasteiger partial charge in [-0.15, -0.1) is 0 Å². The third kappa shape index (κ3) is 3.22. The van der Waals surface area contributed by atoms with Crippen LogP contribution < -0.4 is 11.1 Å². The molecule has 0 saturated heterocycles. The van der Waals surface area contributed by atoms with Gasteiger partial charge in [0, 0.05) is 22.7 Å². The second kappa shape index (κ2) is 5.69. The Morgan fingerprint density at radius 1 is 1.31 bits per heavy atom. The molecule has 1 fully saturated rings. The van der Waals surface area contributed by atoms with Crippen molar-refractivity contribution < 1.29 is 0 Å². The Hall–Kier alpha value is -0.540. The zero-order valence-corrected chi connectivity index (χ0v) is 11.0. The van der Waals surface area contributed by atoms with E-state index in [0.717, 1.165) is 23.4 Å². The fraction of sp³-hybridized carbons (Fsp3) is 0.538. The van der Waals surface area contributed by atoms with Gasteiger partial charge in [-0.2, -0.15) is 0 Å². The van der Waals surface area contributed by atoms with E-state index in [-0.39, 0.29) is 0 Å². The fourth-order valence-electron chi connectivity index (χ4n) is 2.38. The standard InChI is InChI=1S/C13H19BrN2/c14-12-6-1-2-7-13(12)16-9-10-4-3-5-11(15)8-10/h1-2,6-7,10-11,16H,3-5,8-9,15H2. The molecule has 16 heavy (non-hydrogen) atoms. The lowest BCUT2D eigenvalue weighted by Gasteiger charge is -2.27. The largest absolute Gasteiger partial charge is 0.384 e. The maximum Gasteiger partial charge on any atom is 0.0484 e. The molecule has 2 nitrogen and oxygen atoms in total. The van der Waals surface area contributed by atoms with Crippen LogP contribution in [0.1, 0.15) is 25.7 Å². The van der Waals surface area contributed by atoms with E-state index in [1.54, 1.807) is 0 Å². The lowest BCUT2D eigenvalue weighted by Crippen LogP contribution is -2.30. The molecule has 1 saturated carbocycles. The van der Waals surface area contributed by atoms with E-state index in [1.165, 1.54) is 24.9 Å². The van der Waals surface area contributed by atoms with E-state index in [1.807, 2.05) is 6.07 Å². The zero-order valence-electron chi connectivity index (χ0n) is 9.45. The van der Waals surface area contributed by atoms with Crippen LogP contribution in [0, 0.1) is 5.92 Å². The number of hydrogen-bond donors (Lipinski definition) is 2. The highest BCUT2D eigenvalue weighted by molar-refractivity contribution is 9.10. The third-order valence-corrected chi connectivity index (χ3v) is 3.97. The molecular weight excluding hydrogens is 264 g/mol. The Morgan fingerprint density at radius 3 is 2.88 bits per heavy atom. The Morgan fingerprint density at radius 2 is 2.12 bits per heavy atom. The molecule has 0 radical (unpaired) electrons. The molecule has 3 heteroatoms. The Bertz CT molecular complexity index is 340. The summed E-state index contributed by atoms with van der Waals surface area (Å²) < 4.78 is 1.13. The molecule has 0 heterocycles. The highest BCUT2D eigenvalue weighted by atomic mass is 79.9. The Kier molecular flexibility index (Phi) is 4.24. The molecule has 1 aromatic carbocycles. The fourth-order valence-corrected chi connectivity index (χ4v) is 2.80. The van der Waals surface area contributed by atoms with E-state index < -0.39 is 0 Å². The first-order valence-corrected chi connectivity index (χ1v) is 6.79. The van der Waals surface area contributed by atoms with Crippen molar-refractivity contribution in [2.24, 2.45) is 11.7 Å². The highest BCUT2D eigenvalue weighted by Crippen LogP contribution is 2.25. The Labute approximate surface area is 106 Å². The van der Waals surface area contributed by atoms with Gasteiger partial charge in [-0.05, 0) is 53.2 Å². The molecule has 0 bridgehead atoms. The second-order valence-corrected chi connectivity index (χ2v) is 5.51. The van der Waals surface area contributed by atoms with Crippen LogP contribution in [0.4, 0.5) is 5.69 Å². The zero-order chi connectivity index (χ0) is 11.4. The Balaban J connectivity index is 1.85. The smallest absolute Gasteiger partial charge is 0.0484 e. The first kappa shape index (κ1) is 11.9.